The maximum atomic E-state index is 13.4. The molecular formula is C28H31N3O3. The third-order valence-electron chi connectivity index (χ3n) is 7.19. The number of carbonyl (C=O) groups excluding carboxylic acids is 3. The molecule has 1 amide bonds. The van der Waals surface area contributed by atoms with Crippen molar-refractivity contribution in [3.05, 3.63) is 57.7 Å². The first-order valence-corrected chi connectivity index (χ1v) is 11.8. The molecule has 2 aliphatic rings. The molecule has 1 saturated carbocycles. The molecule has 34 heavy (non-hydrogen) atoms. The highest BCUT2D eigenvalue weighted by molar-refractivity contribution is 6.10. The van der Waals surface area contributed by atoms with Crippen LogP contribution in [0.5, 0.6) is 0 Å². The normalized spacial score (nSPS) is 18.1. The van der Waals surface area contributed by atoms with Crippen LogP contribution < -0.4 is 0 Å². The third kappa shape index (κ3) is 4.52. The van der Waals surface area contributed by atoms with Gasteiger partial charge in [-0.1, -0.05) is 5.92 Å². The molecule has 1 saturated heterocycles. The lowest BCUT2D eigenvalue weighted by molar-refractivity contribution is -0.138. The van der Waals surface area contributed by atoms with Gasteiger partial charge >= 0.3 is 0 Å². The molecule has 1 aliphatic heterocycles. The number of rotatable bonds is 2. The lowest BCUT2D eigenvalue weighted by atomic mass is 9.62. The Morgan fingerprint density at radius 2 is 1.56 bits per heavy atom. The van der Waals surface area contributed by atoms with Gasteiger partial charge in [0.2, 0.25) is 0 Å². The lowest BCUT2D eigenvalue weighted by Gasteiger charge is -2.44. The number of hydrogen-bond acceptors (Lipinski definition) is 5. The fourth-order valence-electron chi connectivity index (χ4n) is 5.68. The van der Waals surface area contributed by atoms with Gasteiger partial charge in [0.1, 0.15) is 29.0 Å². The summed E-state index contributed by atoms with van der Waals surface area (Å²) < 4.78 is 0. The summed E-state index contributed by atoms with van der Waals surface area (Å²) in [6.07, 6.45) is 2.06. The Bertz CT molecular complexity index is 1180. The molecule has 0 N–H and O–H groups in total. The van der Waals surface area contributed by atoms with Gasteiger partial charge in [-0.05, 0) is 87.8 Å². The van der Waals surface area contributed by atoms with E-state index in [0.717, 1.165) is 27.9 Å². The lowest BCUT2D eigenvalue weighted by Crippen LogP contribution is -2.48. The predicted molar refractivity (Wildman–Crippen MR) is 130 cm³/mol. The largest absolute Gasteiger partial charge is 0.337 e. The van der Waals surface area contributed by atoms with Gasteiger partial charge in [-0.3, -0.25) is 14.4 Å². The maximum absolute atomic E-state index is 13.4. The summed E-state index contributed by atoms with van der Waals surface area (Å²) in [5.74, 6) is 5.73. The highest BCUT2D eigenvalue weighted by Gasteiger charge is 2.48. The minimum absolute atomic E-state index is 0.00129. The van der Waals surface area contributed by atoms with Crippen LogP contribution in [-0.4, -0.2) is 45.4 Å². The van der Waals surface area contributed by atoms with Gasteiger partial charge in [-0.15, -0.1) is 5.92 Å². The molecule has 0 bridgehead atoms. The van der Waals surface area contributed by atoms with E-state index < -0.39 is 5.92 Å². The second-order valence-electron chi connectivity index (χ2n) is 9.85. The number of carbonyl (C=O) groups is 3. The van der Waals surface area contributed by atoms with Crippen LogP contribution in [0.25, 0.3) is 0 Å². The van der Waals surface area contributed by atoms with E-state index in [0.29, 0.717) is 50.3 Å². The standard InChI is InChI=1S/C28H31N3O3/c1-6-7-21-12-17(2)25(18(3)13-21)26-23(32)15-28(16-24(26)33)8-10-31(11-9-28)27(34)22-14-19(4)29-20(5)30-22/h12-14,26H,8-11,15-16H2,1-5H3. The molecule has 1 aromatic carbocycles. The number of aromatic nitrogens is 2. The highest BCUT2D eigenvalue weighted by Crippen LogP contribution is 2.46. The van der Waals surface area contributed by atoms with Gasteiger partial charge in [0.15, 0.2) is 0 Å². The predicted octanol–water partition coefficient (Wildman–Crippen LogP) is 4.02. The molecule has 1 spiro atoms. The number of Topliss-reactive ketones (excluding diaryl/α,β-unsaturated/α-hetero) is 2. The van der Waals surface area contributed by atoms with Crippen LogP contribution in [0.2, 0.25) is 0 Å². The summed E-state index contributed by atoms with van der Waals surface area (Å²) >= 11 is 0. The first-order chi connectivity index (χ1) is 16.1. The quantitative estimate of drug-likeness (QED) is 0.503. The van der Waals surface area contributed by atoms with Gasteiger partial charge in [0.25, 0.3) is 5.91 Å². The molecule has 6 heteroatoms. The van der Waals surface area contributed by atoms with E-state index >= 15 is 0 Å². The highest BCUT2D eigenvalue weighted by atomic mass is 16.2. The Kier molecular flexibility index (Phi) is 6.40. The summed E-state index contributed by atoms with van der Waals surface area (Å²) in [6, 6.07) is 5.63. The van der Waals surface area contributed by atoms with Crippen LogP contribution in [0.1, 0.15) is 82.8 Å². The number of ketones is 2. The summed E-state index contributed by atoms with van der Waals surface area (Å²) in [6.45, 7) is 10.4. The number of piperidine rings is 1. The van der Waals surface area contributed by atoms with Crippen molar-refractivity contribution in [3.8, 4) is 11.8 Å². The molecule has 0 radical (unpaired) electrons. The number of amides is 1. The van der Waals surface area contributed by atoms with Crippen molar-refractivity contribution >= 4 is 17.5 Å². The number of aryl methyl sites for hydroxylation is 4. The van der Waals surface area contributed by atoms with Crippen molar-refractivity contribution in [2.24, 2.45) is 5.41 Å². The molecule has 2 aromatic rings. The minimum atomic E-state index is -0.694. The molecular weight excluding hydrogens is 426 g/mol. The minimum Gasteiger partial charge on any atom is -0.337 e. The Morgan fingerprint density at radius 3 is 2.09 bits per heavy atom. The molecule has 0 atom stereocenters. The van der Waals surface area contributed by atoms with Gasteiger partial charge in [-0.2, -0.15) is 0 Å². The van der Waals surface area contributed by atoms with Gasteiger partial charge < -0.3 is 4.90 Å². The third-order valence-corrected chi connectivity index (χ3v) is 7.19. The SMILES string of the molecule is CC#Cc1cc(C)c(C2C(=O)CC3(CCN(C(=O)c4cc(C)nc(C)n4)CC3)CC2=O)c(C)c1. The summed E-state index contributed by atoms with van der Waals surface area (Å²) in [5, 5.41) is 0. The zero-order valence-corrected chi connectivity index (χ0v) is 20.6. The summed E-state index contributed by atoms with van der Waals surface area (Å²) in [4.78, 5) is 50.0. The van der Waals surface area contributed by atoms with E-state index in [1.165, 1.54) is 0 Å². The summed E-state index contributed by atoms with van der Waals surface area (Å²) in [7, 11) is 0. The topological polar surface area (TPSA) is 80.2 Å². The van der Waals surface area contributed by atoms with Crippen molar-refractivity contribution < 1.29 is 14.4 Å². The molecule has 4 rings (SSSR count). The zero-order valence-electron chi connectivity index (χ0n) is 20.6. The van der Waals surface area contributed by atoms with Crippen LogP contribution in [0.4, 0.5) is 0 Å². The van der Waals surface area contributed by atoms with E-state index in [1.807, 2.05) is 32.9 Å². The van der Waals surface area contributed by atoms with Gasteiger partial charge in [-0.25, -0.2) is 9.97 Å². The average molecular weight is 458 g/mol. The van der Waals surface area contributed by atoms with E-state index in [2.05, 4.69) is 21.8 Å². The molecule has 0 unspecified atom stereocenters. The number of hydrogen-bond donors (Lipinski definition) is 0. The number of nitrogens with zero attached hydrogens (tertiary/aromatic N) is 3. The van der Waals surface area contributed by atoms with Crippen LogP contribution in [0.3, 0.4) is 0 Å². The Balaban J connectivity index is 1.49. The molecule has 6 nitrogen and oxygen atoms in total. The van der Waals surface area contributed by atoms with Crippen molar-refractivity contribution in [2.75, 3.05) is 13.1 Å². The Hall–Kier alpha value is -3.33. The number of benzene rings is 1. The molecule has 2 heterocycles. The fourth-order valence-corrected chi connectivity index (χ4v) is 5.68. The van der Waals surface area contributed by atoms with Crippen molar-refractivity contribution in [1.29, 1.82) is 0 Å². The Morgan fingerprint density at radius 1 is 0.971 bits per heavy atom. The second-order valence-corrected chi connectivity index (χ2v) is 9.85. The Labute approximate surface area is 201 Å². The first kappa shape index (κ1) is 23.8. The smallest absolute Gasteiger partial charge is 0.272 e. The molecule has 1 aliphatic carbocycles. The first-order valence-electron chi connectivity index (χ1n) is 11.8. The molecule has 1 aromatic heterocycles. The van der Waals surface area contributed by atoms with Crippen LogP contribution in [0, 0.1) is 45.0 Å². The fraction of sp³-hybridized carbons (Fsp3) is 0.464. The second kappa shape index (κ2) is 9.13. The van der Waals surface area contributed by atoms with Crippen LogP contribution >= 0.6 is 0 Å². The monoisotopic (exact) mass is 457 g/mol. The van der Waals surface area contributed by atoms with Crippen LogP contribution in [-0.2, 0) is 9.59 Å². The van der Waals surface area contributed by atoms with Gasteiger partial charge in [0, 0.05) is 37.2 Å². The van der Waals surface area contributed by atoms with Crippen molar-refractivity contribution in [3.63, 3.8) is 0 Å². The number of likely N-dealkylation sites (tertiary alicyclic amines) is 1. The molecule has 176 valence electrons. The zero-order chi connectivity index (χ0) is 24.6. The van der Waals surface area contributed by atoms with Crippen molar-refractivity contribution in [1.82, 2.24) is 14.9 Å². The molecule has 2 fully saturated rings. The van der Waals surface area contributed by atoms with E-state index in [9.17, 15) is 14.4 Å². The average Bonchev–Trinajstić information content (AvgIpc) is 2.75. The van der Waals surface area contributed by atoms with Crippen molar-refractivity contribution in [2.45, 2.75) is 66.2 Å². The maximum Gasteiger partial charge on any atom is 0.272 e. The van der Waals surface area contributed by atoms with E-state index in [1.54, 1.807) is 24.8 Å². The van der Waals surface area contributed by atoms with E-state index in [-0.39, 0.29) is 22.9 Å². The van der Waals surface area contributed by atoms with Gasteiger partial charge in [0.05, 0.1) is 0 Å². The van der Waals surface area contributed by atoms with Crippen LogP contribution in [0.15, 0.2) is 18.2 Å². The van der Waals surface area contributed by atoms with E-state index in [4.69, 9.17) is 0 Å². The summed E-state index contributed by atoms with van der Waals surface area (Å²) in [5.41, 5.74) is 4.44.